The second-order valence-corrected chi connectivity index (χ2v) is 4.88. The highest BCUT2D eigenvalue weighted by Gasteiger charge is 2.10. The molecule has 1 amide bonds. The number of nitrogens with zero attached hydrogens (tertiary/aromatic N) is 1. The van der Waals surface area contributed by atoms with Crippen LogP contribution < -0.4 is 5.73 Å². The van der Waals surface area contributed by atoms with Gasteiger partial charge in [0.2, 0.25) is 5.91 Å². The summed E-state index contributed by atoms with van der Waals surface area (Å²) in [5.74, 6) is -0.304. The van der Waals surface area contributed by atoms with Gasteiger partial charge in [-0.05, 0) is 43.5 Å². The first-order chi connectivity index (χ1) is 8.49. The molecule has 0 unspecified atom stereocenters. The lowest BCUT2D eigenvalue weighted by Crippen LogP contribution is -2.11. The van der Waals surface area contributed by atoms with Gasteiger partial charge in [-0.2, -0.15) is 0 Å². The van der Waals surface area contributed by atoms with E-state index in [9.17, 15) is 4.79 Å². The largest absolute Gasteiger partial charge is 0.370 e. The highest BCUT2D eigenvalue weighted by molar-refractivity contribution is 6.35. The Labute approximate surface area is 111 Å². The molecular formula is C14H15ClN2O. The van der Waals surface area contributed by atoms with Crippen LogP contribution in [0.25, 0.3) is 10.9 Å². The van der Waals surface area contributed by atoms with Crippen molar-refractivity contribution >= 4 is 28.4 Å². The Morgan fingerprint density at radius 1 is 1.39 bits per heavy atom. The molecule has 4 heteroatoms. The van der Waals surface area contributed by atoms with Crippen molar-refractivity contribution in [2.24, 2.45) is 5.73 Å². The first-order valence-corrected chi connectivity index (χ1v) is 6.20. The smallest absolute Gasteiger partial charge is 0.217 e. The molecule has 2 N–H and O–H groups in total. The zero-order valence-electron chi connectivity index (χ0n) is 10.5. The van der Waals surface area contributed by atoms with E-state index in [4.69, 9.17) is 17.3 Å². The van der Waals surface area contributed by atoms with Gasteiger partial charge in [0.05, 0.1) is 10.5 Å². The number of hydrogen-bond donors (Lipinski definition) is 1. The molecule has 1 heterocycles. The minimum atomic E-state index is -0.304. The number of nitrogens with two attached hydrogens (primary N) is 1. The molecule has 3 nitrogen and oxygen atoms in total. The zero-order valence-corrected chi connectivity index (χ0v) is 11.2. The van der Waals surface area contributed by atoms with Crippen LogP contribution in [0.4, 0.5) is 0 Å². The second-order valence-electron chi connectivity index (χ2n) is 4.48. The number of aromatic nitrogens is 1. The molecule has 0 saturated heterocycles. The monoisotopic (exact) mass is 262 g/mol. The Morgan fingerprint density at radius 2 is 2.11 bits per heavy atom. The van der Waals surface area contributed by atoms with Gasteiger partial charge in [0.1, 0.15) is 0 Å². The van der Waals surface area contributed by atoms with Crippen molar-refractivity contribution in [1.29, 1.82) is 0 Å². The van der Waals surface area contributed by atoms with Gasteiger partial charge in [-0.1, -0.05) is 17.7 Å². The van der Waals surface area contributed by atoms with Crippen molar-refractivity contribution in [2.45, 2.75) is 26.7 Å². The molecule has 0 aliphatic rings. The van der Waals surface area contributed by atoms with Crippen LogP contribution in [0.3, 0.4) is 0 Å². The van der Waals surface area contributed by atoms with E-state index >= 15 is 0 Å². The maximum absolute atomic E-state index is 10.9. The summed E-state index contributed by atoms with van der Waals surface area (Å²) >= 11 is 6.25. The Morgan fingerprint density at radius 3 is 2.78 bits per heavy atom. The van der Waals surface area contributed by atoms with E-state index in [1.807, 2.05) is 32.0 Å². The van der Waals surface area contributed by atoms with Gasteiger partial charge in [0, 0.05) is 17.5 Å². The van der Waals surface area contributed by atoms with Crippen LogP contribution in [0, 0.1) is 13.8 Å². The molecule has 0 aliphatic carbocycles. The first kappa shape index (κ1) is 12.8. The van der Waals surface area contributed by atoms with Crippen molar-refractivity contribution in [3.05, 3.63) is 40.0 Å². The fourth-order valence-electron chi connectivity index (χ4n) is 2.11. The fraction of sp³-hybridized carbons (Fsp3) is 0.286. The van der Waals surface area contributed by atoms with Crippen molar-refractivity contribution < 1.29 is 4.79 Å². The molecular weight excluding hydrogens is 248 g/mol. The number of carbonyl (C=O) groups is 1. The molecule has 1 aromatic carbocycles. The van der Waals surface area contributed by atoms with Crippen LogP contribution in [-0.4, -0.2) is 10.9 Å². The van der Waals surface area contributed by atoms with Crippen LogP contribution in [0.15, 0.2) is 18.2 Å². The molecule has 2 aromatic rings. The van der Waals surface area contributed by atoms with E-state index in [1.54, 1.807) is 0 Å². The number of aryl methyl sites for hydroxylation is 3. The number of amides is 1. The molecule has 0 aliphatic heterocycles. The van der Waals surface area contributed by atoms with E-state index in [-0.39, 0.29) is 5.91 Å². The molecule has 1 aromatic heterocycles. The Kier molecular flexibility index (Phi) is 3.53. The van der Waals surface area contributed by atoms with Crippen LogP contribution in [0.1, 0.15) is 23.2 Å². The van der Waals surface area contributed by atoms with Gasteiger partial charge in [0.25, 0.3) is 0 Å². The minimum Gasteiger partial charge on any atom is -0.370 e. The molecule has 94 valence electrons. The number of primary amides is 1. The Balaban J connectivity index is 2.64. The van der Waals surface area contributed by atoms with Gasteiger partial charge in [-0.25, -0.2) is 0 Å². The molecule has 2 rings (SSSR count). The van der Waals surface area contributed by atoms with E-state index in [0.29, 0.717) is 17.9 Å². The summed E-state index contributed by atoms with van der Waals surface area (Å²) in [6.07, 6.45) is 0.918. The maximum atomic E-state index is 10.9. The average Bonchev–Trinajstić information content (AvgIpc) is 2.30. The standard InChI is InChI=1S/C14H15ClN2O/c1-8-3-5-11(15)13-10(4-6-12(16)18)7-9(2)17-14(8)13/h3,5,7H,4,6H2,1-2H3,(H2,16,18). The summed E-state index contributed by atoms with van der Waals surface area (Å²) in [7, 11) is 0. The first-order valence-electron chi connectivity index (χ1n) is 5.82. The molecule has 0 saturated carbocycles. The number of pyridine rings is 1. The normalized spacial score (nSPS) is 10.8. The van der Waals surface area contributed by atoms with Gasteiger partial charge in [0.15, 0.2) is 0 Å². The SMILES string of the molecule is Cc1cc(CCC(N)=O)c2c(Cl)ccc(C)c2n1. The zero-order chi connectivity index (χ0) is 13.3. The van der Waals surface area contributed by atoms with Crippen molar-refractivity contribution in [3.63, 3.8) is 0 Å². The highest BCUT2D eigenvalue weighted by Crippen LogP contribution is 2.29. The third kappa shape index (κ3) is 2.46. The third-order valence-corrected chi connectivity index (χ3v) is 3.28. The molecule has 0 spiro atoms. The topological polar surface area (TPSA) is 56.0 Å². The van der Waals surface area contributed by atoms with Gasteiger partial charge >= 0.3 is 0 Å². The number of fused-ring (bicyclic) bond motifs is 1. The van der Waals surface area contributed by atoms with E-state index in [0.717, 1.165) is 27.7 Å². The molecule has 0 bridgehead atoms. The van der Waals surface area contributed by atoms with Crippen molar-refractivity contribution in [2.75, 3.05) is 0 Å². The van der Waals surface area contributed by atoms with Crippen LogP contribution in [0.5, 0.6) is 0 Å². The van der Waals surface area contributed by atoms with E-state index < -0.39 is 0 Å². The second kappa shape index (κ2) is 4.94. The lowest BCUT2D eigenvalue weighted by Gasteiger charge is -2.10. The predicted octanol–water partition coefficient (Wildman–Crippen LogP) is 2.92. The quantitative estimate of drug-likeness (QED) is 0.925. The molecule has 0 radical (unpaired) electrons. The molecule has 0 atom stereocenters. The number of benzene rings is 1. The summed E-state index contributed by atoms with van der Waals surface area (Å²) in [6.45, 7) is 3.94. The third-order valence-electron chi connectivity index (χ3n) is 2.96. The summed E-state index contributed by atoms with van der Waals surface area (Å²) < 4.78 is 0. The Bertz CT molecular complexity index is 623. The van der Waals surface area contributed by atoms with Gasteiger partial charge in [-0.3, -0.25) is 9.78 Å². The van der Waals surface area contributed by atoms with Crippen LogP contribution >= 0.6 is 11.6 Å². The number of rotatable bonds is 3. The lowest BCUT2D eigenvalue weighted by atomic mass is 10.0. The predicted molar refractivity (Wildman–Crippen MR) is 73.7 cm³/mol. The van der Waals surface area contributed by atoms with Crippen LogP contribution in [0.2, 0.25) is 5.02 Å². The van der Waals surface area contributed by atoms with Crippen molar-refractivity contribution in [3.8, 4) is 0 Å². The lowest BCUT2D eigenvalue weighted by molar-refractivity contribution is -0.117. The summed E-state index contributed by atoms with van der Waals surface area (Å²) in [4.78, 5) is 15.4. The van der Waals surface area contributed by atoms with Crippen LogP contribution in [-0.2, 0) is 11.2 Å². The maximum Gasteiger partial charge on any atom is 0.217 e. The van der Waals surface area contributed by atoms with E-state index in [2.05, 4.69) is 4.98 Å². The highest BCUT2D eigenvalue weighted by atomic mass is 35.5. The summed E-state index contributed by atoms with van der Waals surface area (Å²) in [5.41, 5.74) is 9.15. The summed E-state index contributed by atoms with van der Waals surface area (Å²) in [5, 5.41) is 1.60. The Hall–Kier alpha value is -1.61. The molecule has 0 fully saturated rings. The molecule has 18 heavy (non-hydrogen) atoms. The number of halogens is 1. The summed E-state index contributed by atoms with van der Waals surface area (Å²) in [6, 6.07) is 5.79. The number of hydrogen-bond acceptors (Lipinski definition) is 2. The van der Waals surface area contributed by atoms with Gasteiger partial charge in [-0.15, -0.1) is 0 Å². The van der Waals surface area contributed by atoms with E-state index in [1.165, 1.54) is 0 Å². The number of carbonyl (C=O) groups excluding carboxylic acids is 1. The average molecular weight is 263 g/mol. The fourth-order valence-corrected chi connectivity index (χ4v) is 2.38. The van der Waals surface area contributed by atoms with Gasteiger partial charge < -0.3 is 5.73 Å². The van der Waals surface area contributed by atoms with Crippen molar-refractivity contribution in [1.82, 2.24) is 4.98 Å². The minimum absolute atomic E-state index is 0.304.